The van der Waals surface area contributed by atoms with Crippen LogP contribution in [0.15, 0.2) is 51.9 Å². The molecule has 0 spiro atoms. The summed E-state index contributed by atoms with van der Waals surface area (Å²) in [6.07, 6.45) is 2.03. The molecule has 2 aliphatic rings. The number of amides is 1. The van der Waals surface area contributed by atoms with Crippen molar-refractivity contribution in [3.8, 4) is 17.1 Å². The molecule has 0 radical (unpaired) electrons. The van der Waals surface area contributed by atoms with Crippen LogP contribution in [0.5, 0.6) is 5.75 Å². The zero-order valence-corrected chi connectivity index (χ0v) is 20.6. The Hall–Kier alpha value is -3.24. The Morgan fingerprint density at radius 3 is 2.54 bits per heavy atom. The van der Waals surface area contributed by atoms with Gasteiger partial charge in [0.1, 0.15) is 5.75 Å². The van der Waals surface area contributed by atoms with Gasteiger partial charge in [-0.25, -0.2) is 8.42 Å². The number of carbonyl (C=O) groups excluding carboxylic acids is 1. The van der Waals surface area contributed by atoms with Gasteiger partial charge in [-0.1, -0.05) is 29.8 Å². The standard InChI is InChI=1S/C25H28N4O5S/c1-3-12-29-21-15-19(6-9-22(21)33-16-23(29)30)24-26-25(34-27-24)18-10-13-28(14-11-18)35(31,32)20-7-4-17(2)5-8-20/h4-9,15,18H,3,10-14,16H2,1-2H3. The van der Waals surface area contributed by atoms with E-state index in [4.69, 9.17) is 9.26 Å². The number of sulfonamides is 1. The van der Waals surface area contributed by atoms with Crippen molar-refractivity contribution in [2.24, 2.45) is 0 Å². The third kappa shape index (κ3) is 4.55. The molecule has 0 N–H and O–H groups in total. The van der Waals surface area contributed by atoms with Gasteiger partial charge in [-0.3, -0.25) is 4.79 Å². The lowest BCUT2D eigenvalue weighted by molar-refractivity contribution is -0.121. The SMILES string of the molecule is CCCN1C(=O)COc2ccc(-c3noc(C4CCN(S(=O)(=O)c5ccc(C)cc5)CC4)n3)cc21. The molecule has 184 valence electrons. The molecule has 0 aliphatic carbocycles. The van der Waals surface area contributed by atoms with Gasteiger partial charge in [-0.05, 0) is 56.5 Å². The summed E-state index contributed by atoms with van der Waals surface area (Å²) in [6.45, 7) is 5.39. The first kappa shape index (κ1) is 23.5. The first-order chi connectivity index (χ1) is 16.9. The number of hydrogen-bond acceptors (Lipinski definition) is 7. The number of aryl methyl sites for hydroxylation is 1. The highest BCUT2D eigenvalue weighted by atomic mass is 32.2. The van der Waals surface area contributed by atoms with Gasteiger partial charge in [-0.2, -0.15) is 9.29 Å². The smallest absolute Gasteiger partial charge is 0.265 e. The average Bonchev–Trinajstić information content (AvgIpc) is 3.36. The van der Waals surface area contributed by atoms with Crippen LogP contribution in [0.25, 0.3) is 11.4 Å². The molecule has 1 amide bonds. The van der Waals surface area contributed by atoms with E-state index in [0.717, 1.165) is 17.5 Å². The third-order valence-corrected chi connectivity index (χ3v) is 8.42. The number of hydrogen-bond donors (Lipinski definition) is 0. The van der Waals surface area contributed by atoms with Gasteiger partial charge in [0.05, 0.1) is 10.6 Å². The molecule has 1 saturated heterocycles. The van der Waals surface area contributed by atoms with Crippen LogP contribution in [-0.2, 0) is 14.8 Å². The minimum Gasteiger partial charge on any atom is -0.482 e. The quantitative estimate of drug-likeness (QED) is 0.512. The Morgan fingerprint density at radius 1 is 1.09 bits per heavy atom. The maximum atomic E-state index is 13.0. The summed E-state index contributed by atoms with van der Waals surface area (Å²) in [7, 11) is -3.52. The molecule has 1 fully saturated rings. The van der Waals surface area contributed by atoms with E-state index < -0.39 is 10.0 Å². The van der Waals surface area contributed by atoms with Crippen LogP contribution in [0, 0.1) is 6.92 Å². The van der Waals surface area contributed by atoms with E-state index in [-0.39, 0.29) is 18.4 Å². The van der Waals surface area contributed by atoms with Crippen LogP contribution >= 0.6 is 0 Å². The molecule has 0 unspecified atom stereocenters. The predicted molar refractivity (Wildman–Crippen MR) is 130 cm³/mol. The van der Waals surface area contributed by atoms with Crippen molar-refractivity contribution in [3.63, 3.8) is 0 Å². The van der Waals surface area contributed by atoms with E-state index in [0.29, 0.717) is 60.5 Å². The van der Waals surface area contributed by atoms with Crippen molar-refractivity contribution < 1.29 is 22.5 Å². The number of aromatic nitrogens is 2. The summed E-state index contributed by atoms with van der Waals surface area (Å²) in [6, 6.07) is 12.5. The summed E-state index contributed by atoms with van der Waals surface area (Å²) < 4.78 is 38.6. The molecular formula is C25H28N4O5S. The van der Waals surface area contributed by atoms with Gasteiger partial charge < -0.3 is 14.2 Å². The number of fused-ring (bicyclic) bond motifs is 1. The van der Waals surface area contributed by atoms with E-state index in [1.807, 2.05) is 44.2 Å². The molecular weight excluding hydrogens is 468 g/mol. The predicted octanol–water partition coefficient (Wildman–Crippen LogP) is 3.75. The number of carbonyl (C=O) groups is 1. The first-order valence-electron chi connectivity index (χ1n) is 11.8. The van der Waals surface area contributed by atoms with Gasteiger partial charge in [0.2, 0.25) is 21.7 Å². The number of rotatable bonds is 6. The molecule has 0 bridgehead atoms. The zero-order chi connectivity index (χ0) is 24.6. The van der Waals surface area contributed by atoms with E-state index in [1.54, 1.807) is 17.0 Å². The summed E-state index contributed by atoms with van der Waals surface area (Å²) in [5.41, 5.74) is 2.46. The van der Waals surface area contributed by atoms with E-state index >= 15 is 0 Å². The molecule has 5 rings (SSSR count). The number of nitrogens with zero attached hydrogens (tertiary/aromatic N) is 4. The minimum absolute atomic E-state index is 0.0140. The highest BCUT2D eigenvalue weighted by molar-refractivity contribution is 7.89. The van der Waals surface area contributed by atoms with Gasteiger partial charge in [0.15, 0.2) is 6.61 Å². The van der Waals surface area contributed by atoms with Crippen LogP contribution in [0.1, 0.15) is 43.6 Å². The molecule has 10 heteroatoms. The van der Waals surface area contributed by atoms with Crippen molar-refractivity contribution in [1.29, 1.82) is 0 Å². The molecule has 9 nitrogen and oxygen atoms in total. The van der Waals surface area contributed by atoms with Crippen LogP contribution in [0.4, 0.5) is 5.69 Å². The Balaban J connectivity index is 1.30. The fourth-order valence-corrected chi connectivity index (χ4v) is 6.00. The zero-order valence-electron chi connectivity index (χ0n) is 19.8. The second-order valence-corrected chi connectivity index (χ2v) is 10.9. The van der Waals surface area contributed by atoms with Gasteiger partial charge in [0, 0.05) is 31.1 Å². The summed E-state index contributed by atoms with van der Waals surface area (Å²) in [5.74, 6) is 1.51. The number of anilines is 1. The lowest BCUT2D eigenvalue weighted by Gasteiger charge is -2.29. The molecule has 0 saturated carbocycles. The first-order valence-corrected chi connectivity index (χ1v) is 13.3. The van der Waals surface area contributed by atoms with Crippen LogP contribution in [0.3, 0.4) is 0 Å². The Bertz CT molecular complexity index is 1330. The largest absolute Gasteiger partial charge is 0.482 e. The number of piperidine rings is 1. The second-order valence-electron chi connectivity index (χ2n) is 8.96. The fourth-order valence-electron chi connectivity index (χ4n) is 4.53. The van der Waals surface area contributed by atoms with Crippen LogP contribution in [-0.4, -0.2) is 55.0 Å². The molecule has 35 heavy (non-hydrogen) atoms. The number of benzene rings is 2. The second kappa shape index (κ2) is 9.43. The molecule has 1 aromatic heterocycles. The summed E-state index contributed by atoms with van der Waals surface area (Å²) in [4.78, 5) is 19.0. The van der Waals surface area contributed by atoms with Crippen molar-refractivity contribution >= 4 is 21.6 Å². The molecule has 2 aliphatic heterocycles. The van der Waals surface area contributed by atoms with Crippen molar-refractivity contribution in [3.05, 3.63) is 53.9 Å². The Labute approximate surface area is 204 Å². The highest BCUT2D eigenvalue weighted by Gasteiger charge is 2.32. The van der Waals surface area contributed by atoms with Gasteiger partial charge in [-0.15, -0.1) is 0 Å². The van der Waals surface area contributed by atoms with Gasteiger partial charge in [0.25, 0.3) is 5.91 Å². The minimum atomic E-state index is -3.52. The number of ether oxygens (including phenoxy) is 1. The van der Waals surface area contributed by atoms with E-state index in [1.165, 1.54) is 4.31 Å². The maximum absolute atomic E-state index is 13.0. The van der Waals surface area contributed by atoms with Crippen molar-refractivity contribution in [2.45, 2.75) is 43.9 Å². The normalized spacial score (nSPS) is 17.3. The summed E-state index contributed by atoms with van der Waals surface area (Å²) >= 11 is 0. The van der Waals surface area contributed by atoms with Crippen LogP contribution in [0.2, 0.25) is 0 Å². The van der Waals surface area contributed by atoms with Crippen molar-refractivity contribution in [2.75, 3.05) is 31.1 Å². The molecule has 0 atom stereocenters. The lowest BCUT2D eigenvalue weighted by Crippen LogP contribution is -2.39. The monoisotopic (exact) mass is 496 g/mol. The fraction of sp³-hybridized carbons (Fsp3) is 0.400. The van der Waals surface area contributed by atoms with Gasteiger partial charge >= 0.3 is 0 Å². The van der Waals surface area contributed by atoms with Crippen LogP contribution < -0.4 is 9.64 Å². The topological polar surface area (TPSA) is 106 Å². The Morgan fingerprint density at radius 2 is 1.83 bits per heavy atom. The average molecular weight is 497 g/mol. The Kier molecular flexibility index (Phi) is 6.33. The highest BCUT2D eigenvalue weighted by Crippen LogP contribution is 2.36. The third-order valence-electron chi connectivity index (χ3n) is 6.51. The van der Waals surface area contributed by atoms with Crippen molar-refractivity contribution in [1.82, 2.24) is 14.4 Å². The summed E-state index contributed by atoms with van der Waals surface area (Å²) in [5, 5.41) is 4.16. The molecule has 3 heterocycles. The maximum Gasteiger partial charge on any atom is 0.265 e. The lowest BCUT2D eigenvalue weighted by atomic mass is 9.98. The molecule has 2 aromatic carbocycles. The van der Waals surface area contributed by atoms with E-state index in [9.17, 15) is 13.2 Å². The molecule has 3 aromatic rings. The van der Waals surface area contributed by atoms with E-state index in [2.05, 4.69) is 10.1 Å².